The number of nitrogens with one attached hydrogen (secondary N) is 1. The number of nitrogens with zero attached hydrogens (tertiary/aromatic N) is 4. The number of amides is 2. The molecule has 8 nitrogen and oxygen atoms in total. The first-order chi connectivity index (χ1) is 16.0. The van der Waals surface area contributed by atoms with E-state index in [1.807, 2.05) is 67.3 Å². The molecule has 2 aromatic carbocycles. The van der Waals surface area contributed by atoms with Crippen molar-refractivity contribution in [2.24, 2.45) is 0 Å². The zero-order valence-electron chi connectivity index (χ0n) is 19.0. The van der Waals surface area contributed by atoms with Crippen molar-refractivity contribution in [3.05, 3.63) is 71.6 Å². The van der Waals surface area contributed by atoms with Crippen LogP contribution in [-0.2, 0) is 4.79 Å². The Morgan fingerprint density at radius 3 is 2.45 bits per heavy atom. The van der Waals surface area contributed by atoms with E-state index in [0.29, 0.717) is 36.9 Å². The van der Waals surface area contributed by atoms with Gasteiger partial charge < -0.3 is 14.7 Å². The minimum absolute atomic E-state index is 0.0272. The number of hydrogen-bond acceptors (Lipinski definition) is 6. The van der Waals surface area contributed by atoms with Crippen molar-refractivity contribution in [1.29, 1.82) is 0 Å². The highest BCUT2D eigenvalue weighted by Crippen LogP contribution is 2.23. The molecule has 1 saturated heterocycles. The van der Waals surface area contributed by atoms with Crippen molar-refractivity contribution in [2.75, 3.05) is 32.7 Å². The van der Waals surface area contributed by atoms with E-state index >= 15 is 0 Å². The zero-order valence-corrected chi connectivity index (χ0v) is 19.0. The van der Waals surface area contributed by atoms with Crippen molar-refractivity contribution in [3.63, 3.8) is 0 Å². The fourth-order valence-corrected chi connectivity index (χ4v) is 3.99. The van der Waals surface area contributed by atoms with E-state index in [1.54, 1.807) is 6.07 Å². The van der Waals surface area contributed by atoms with Crippen molar-refractivity contribution in [2.45, 2.75) is 26.3 Å². The highest BCUT2D eigenvalue weighted by Gasteiger charge is 2.27. The zero-order chi connectivity index (χ0) is 23.2. The molecule has 4 rings (SSSR count). The summed E-state index contributed by atoms with van der Waals surface area (Å²) >= 11 is 0. The molecule has 0 saturated carbocycles. The van der Waals surface area contributed by atoms with Gasteiger partial charge in [0.1, 0.15) is 0 Å². The summed E-state index contributed by atoms with van der Waals surface area (Å²) in [6.07, 6.45) is 0.289. The van der Waals surface area contributed by atoms with Crippen molar-refractivity contribution < 1.29 is 14.1 Å². The number of rotatable bonds is 7. The Hall–Kier alpha value is -3.52. The second-order valence-electron chi connectivity index (χ2n) is 8.24. The first kappa shape index (κ1) is 22.7. The molecule has 0 aliphatic carbocycles. The molecule has 172 valence electrons. The Bertz CT molecular complexity index is 1090. The lowest BCUT2D eigenvalue weighted by Crippen LogP contribution is -2.49. The Labute approximate surface area is 193 Å². The quantitative estimate of drug-likeness (QED) is 0.599. The molecule has 1 aliphatic rings. The molecule has 1 fully saturated rings. The molecule has 2 heterocycles. The fraction of sp³-hybridized carbons (Fsp3) is 0.360. The van der Waals surface area contributed by atoms with Crippen LogP contribution in [0.15, 0.2) is 59.1 Å². The summed E-state index contributed by atoms with van der Waals surface area (Å²) in [5.74, 6) is 1.07. The highest BCUT2D eigenvalue weighted by molar-refractivity contribution is 5.95. The SMILES string of the molecule is Cc1ccccc1C(=O)NCCC(=O)N1CCN(C(C)c2nc(-c3ccccc3)no2)CC1. The Morgan fingerprint density at radius 2 is 1.73 bits per heavy atom. The molecule has 33 heavy (non-hydrogen) atoms. The summed E-state index contributed by atoms with van der Waals surface area (Å²) in [6, 6.07) is 17.1. The minimum atomic E-state index is -0.144. The van der Waals surface area contributed by atoms with Gasteiger partial charge in [0.2, 0.25) is 17.6 Å². The van der Waals surface area contributed by atoms with Crippen molar-refractivity contribution in [1.82, 2.24) is 25.3 Å². The van der Waals surface area contributed by atoms with Gasteiger partial charge in [0, 0.05) is 50.3 Å². The van der Waals surface area contributed by atoms with Gasteiger partial charge in [0.15, 0.2) is 0 Å². The summed E-state index contributed by atoms with van der Waals surface area (Å²) in [5.41, 5.74) is 2.48. The topological polar surface area (TPSA) is 91.6 Å². The second-order valence-corrected chi connectivity index (χ2v) is 8.24. The molecule has 0 bridgehead atoms. The van der Waals surface area contributed by atoms with Gasteiger partial charge in [-0.15, -0.1) is 0 Å². The lowest BCUT2D eigenvalue weighted by atomic mass is 10.1. The molecule has 8 heteroatoms. The molecule has 3 aromatic rings. The van der Waals surface area contributed by atoms with Crippen LogP contribution in [0.25, 0.3) is 11.4 Å². The van der Waals surface area contributed by atoms with Crippen LogP contribution in [-0.4, -0.2) is 64.5 Å². The number of carbonyl (C=O) groups excluding carboxylic acids is 2. The Morgan fingerprint density at radius 1 is 1.03 bits per heavy atom. The molecule has 1 unspecified atom stereocenters. The average Bonchev–Trinajstić information content (AvgIpc) is 3.35. The summed E-state index contributed by atoms with van der Waals surface area (Å²) in [6.45, 7) is 6.99. The first-order valence-corrected chi connectivity index (χ1v) is 11.3. The Kier molecular flexibility index (Phi) is 7.14. The smallest absolute Gasteiger partial charge is 0.251 e. The van der Waals surface area contributed by atoms with Crippen LogP contribution in [0.2, 0.25) is 0 Å². The van der Waals surface area contributed by atoms with Crippen molar-refractivity contribution >= 4 is 11.8 Å². The van der Waals surface area contributed by atoms with Gasteiger partial charge in [-0.1, -0.05) is 53.7 Å². The highest BCUT2D eigenvalue weighted by atomic mass is 16.5. The molecule has 1 aromatic heterocycles. The lowest BCUT2D eigenvalue weighted by Gasteiger charge is -2.36. The molecule has 1 N–H and O–H groups in total. The molecule has 1 aliphatic heterocycles. The predicted molar refractivity (Wildman–Crippen MR) is 124 cm³/mol. The monoisotopic (exact) mass is 447 g/mol. The van der Waals surface area contributed by atoms with E-state index < -0.39 is 0 Å². The van der Waals surface area contributed by atoms with Gasteiger partial charge in [-0.3, -0.25) is 14.5 Å². The van der Waals surface area contributed by atoms with Crippen molar-refractivity contribution in [3.8, 4) is 11.4 Å². The molecule has 0 spiro atoms. The predicted octanol–water partition coefficient (Wildman–Crippen LogP) is 3.07. The number of carbonyl (C=O) groups is 2. The van der Waals surface area contributed by atoms with E-state index in [-0.39, 0.29) is 24.3 Å². The maximum atomic E-state index is 12.6. The van der Waals surface area contributed by atoms with Gasteiger partial charge in [-0.2, -0.15) is 4.98 Å². The maximum absolute atomic E-state index is 12.6. The molecular formula is C25H29N5O3. The molecular weight excluding hydrogens is 418 g/mol. The third-order valence-electron chi connectivity index (χ3n) is 6.06. The second kappa shape index (κ2) is 10.4. The van der Waals surface area contributed by atoms with Crippen LogP contribution in [0.5, 0.6) is 0 Å². The summed E-state index contributed by atoms with van der Waals surface area (Å²) in [4.78, 5) is 33.6. The van der Waals surface area contributed by atoms with Crippen LogP contribution >= 0.6 is 0 Å². The maximum Gasteiger partial charge on any atom is 0.251 e. The van der Waals surface area contributed by atoms with Crippen LogP contribution < -0.4 is 5.32 Å². The number of hydrogen-bond donors (Lipinski definition) is 1. The lowest BCUT2D eigenvalue weighted by molar-refractivity contribution is -0.133. The van der Waals surface area contributed by atoms with E-state index in [9.17, 15) is 9.59 Å². The van der Waals surface area contributed by atoms with E-state index in [0.717, 1.165) is 24.2 Å². The average molecular weight is 448 g/mol. The number of aryl methyl sites for hydroxylation is 1. The normalized spacial score (nSPS) is 15.3. The van der Waals surface area contributed by atoms with Gasteiger partial charge in [-0.05, 0) is 25.5 Å². The van der Waals surface area contributed by atoms with Gasteiger partial charge in [0.25, 0.3) is 5.91 Å². The standard InChI is InChI=1S/C25H29N5O3/c1-18-8-6-7-11-21(18)24(32)26-13-12-22(31)30-16-14-29(15-17-30)19(2)25-27-23(28-33-25)20-9-4-3-5-10-20/h3-11,19H,12-17H2,1-2H3,(H,26,32). The largest absolute Gasteiger partial charge is 0.352 e. The molecule has 1 atom stereocenters. The van der Waals surface area contributed by atoms with Gasteiger partial charge in [-0.25, -0.2) is 0 Å². The fourth-order valence-electron chi connectivity index (χ4n) is 3.99. The van der Waals surface area contributed by atoms with E-state index in [1.165, 1.54) is 0 Å². The van der Waals surface area contributed by atoms with E-state index in [2.05, 4.69) is 20.4 Å². The van der Waals surface area contributed by atoms with Gasteiger partial charge in [0.05, 0.1) is 6.04 Å². The Balaban J connectivity index is 1.23. The molecule has 2 amide bonds. The van der Waals surface area contributed by atoms with Crippen LogP contribution in [0, 0.1) is 6.92 Å². The van der Waals surface area contributed by atoms with Crippen LogP contribution in [0.4, 0.5) is 0 Å². The summed E-state index contributed by atoms with van der Waals surface area (Å²) < 4.78 is 5.51. The summed E-state index contributed by atoms with van der Waals surface area (Å²) in [5, 5.41) is 6.96. The summed E-state index contributed by atoms with van der Waals surface area (Å²) in [7, 11) is 0. The third kappa shape index (κ3) is 5.46. The number of piperazine rings is 1. The first-order valence-electron chi connectivity index (χ1n) is 11.3. The van der Waals surface area contributed by atoms with Gasteiger partial charge >= 0.3 is 0 Å². The molecule has 0 radical (unpaired) electrons. The van der Waals surface area contributed by atoms with Crippen LogP contribution in [0.1, 0.15) is 41.2 Å². The van der Waals surface area contributed by atoms with E-state index in [4.69, 9.17) is 4.52 Å². The third-order valence-corrected chi connectivity index (χ3v) is 6.06. The van der Waals surface area contributed by atoms with Crippen LogP contribution in [0.3, 0.4) is 0 Å². The minimum Gasteiger partial charge on any atom is -0.352 e. The number of benzene rings is 2. The number of aromatic nitrogens is 2.